The molecule has 0 spiro atoms. The van der Waals surface area contributed by atoms with Crippen molar-refractivity contribution in [1.82, 2.24) is 9.80 Å². The van der Waals surface area contributed by atoms with Gasteiger partial charge in [-0.1, -0.05) is 30.3 Å². The Morgan fingerprint density at radius 3 is 2.52 bits per heavy atom. The lowest BCUT2D eigenvalue weighted by Gasteiger charge is -2.29. The predicted octanol–water partition coefficient (Wildman–Crippen LogP) is 4.15. The minimum Gasteiger partial charge on any atom is -0.444 e. The highest BCUT2D eigenvalue weighted by Gasteiger charge is 2.40. The van der Waals surface area contributed by atoms with Gasteiger partial charge in [0, 0.05) is 25.7 Å². The fraction of sp³-hybridized carbons (Fsp3) is 0.667. The summed E-state index contributed by atoms with van der Waals surface area (Å²) in [6.45, 7) is 12.0. The van der Waals surface area contributed by atoms with Crippen LogP contribution in [0.25, 0.3) is 0 Å². The van der Waals surface area contributed by atoms with Crippen molar-refractivity contribution in [3.63, 3.8) is 0 Å². The van der Waals surface area contributed by atoms with E-state index in [-0.39, 0.29) is 6.09 Å². The molecule has 1 amide bonds. The first kappa shape index (κ1) is 18.2. The van der Waals surface area contributed by atoms with Crippen molar-refractivity contribution in [3.8, 4) is 0 Å². The van der Waals surface area contributed by atoms with E-state index in [1.54, 1.807) is 0 Å². The molecule has 2 heterocycles. The van der Waals surface area contributed by atoms with Crippen LogP contribution in [0, 0.1) is 11.8 Å². The van der Waals surface area contributed by atoms with Gasteiger partial charge in [0.15, 0.2) is 0 Å². The van der Waals surface area contributed by atoms with Crippen LogP contribution >= 0.6 is 0 Å². The van der Waals surface area contributed by atoms with Crippen LogP contribution in [0.15, 0.2) is 30.3 Å². The molecule has 1 aromatic carbocycles. The lowest BCUT2D eigenvalue weighted by Crippen LogP contribution is -2.37. The standard InChI is InChI=1S/C21H32N2O2/c1-16-12-19-15-23(20(24)25-21(2,3)4)14-18(19)10-11-22(16)13-17-8-6-5-7-9-17/h5-9,16,18-19H,10-15H2,1-4H3/t16?,18-,19+/m0/s1. The van der Waals surface area contributed by atoms with E-state index in [0.717, 1.165) is 32.6 Å². The van der Waals surface area contributed by atoms with Gasteiger partial charge in [0.1, 0.15) is 5.60 Å². The Morgan fingerprint density at radius 1 is 1.16 bits per heavy atom. The topological polar surface area (TPSA) is 32.8 Å². The van der Waals surface area contributed by atoms with E-state index in [4.69, 9.17) is 4.74 Å². The number of likely N-dealkylation sites (tertiary alicyclic amines) is 2. The van der Waals surface area contributed by atoms with Crippen LogP contribution in [0.5, 0.6) is 0 Å². The van der Waals surface area contributed by atoms with Gasteiger partial charge < -0.3 is 9.64 Å². The highest BCUT2D eigenvalue weighted by Crippen LogP contribution is 2.35. The van der Waals surface area contributed by atoms with E-state index >= 15 is 0 Å². The van der Waals surface area contributed by atoms with Crippen LogP contribution in [0.2, 0.25) is 0 Å². The smallest absolute Gasteiger partial charge is 0.410 e. The van der Waals surface area contributed by atoms with Crippen LogP contribution in [0.1, 0.15) is 46.1 Å². The van der Waals surface area contributed by atoms with E-state index in [9.17, 15) is 4.79 Å². The van der Waals surface area contributed by atoms with Crippen LogP contribution in [0.4, 0.5) is 4.79 Å². The molecule has 0 aliphatic carbocycles. The van der Waals surface area contributed by atoms with Crippen LogP contribution in [-0.2, 0) is 11.3 Å². The zero-order chi connectivity index (χ0) is 18.0. The Labute approximate surface area is 152 Å². The molecule has 2 aliphatic rings. The summed E-state index contributed by atoms with van der Waals surface area (Å²) in [7, 11) is 0. The van der Waals surface area contributed by atoms with E-state index in [1.807, 2.05) is 25.7 Å². The molecule has 1 aromatic rings. The van der Waals surface area contributed by atoms with E-state index in [1.165, 1.54) is 12.0 Å². The maximum absolute atomic E-state index is 12.4. The van der Waals surface area contributed by atoms with Crippen molar-refractivity contribution in [1.29, 1.82) is 0 Å². The summed E-state index contributed by atoms with van der Waals surface area (Å²) < 4.78 is 5.56. The summed E-state index contributed by atoms with van der Waals surface area (Å²) in [4.78, 5) is 16.9. The van der Waals surface area contributed by atoms with Crippen molar-refractivity contribution < 1.29 is 9.53 Å². The molecule has 0 saturated carbocycles. The minimum absolute atomic E-state index is 0.144. The summed E-state index contributed by atoms with van der Waals surface area (Å²) >= 11 is 0. The van der Waals surface area contributed by atoms with Crippen molar-refractivity contribution in [2.45, 2.75) is 58.7 Å². The molecule has 2 aliphatic heterocycles. The normalized spacial score (nSPS) is 27.7. The summed E-state index contributed by atoms with van der Waals surface area (Å²) in [5.74, 6) is 1.21. The van der Waals surface area contributed by atoms with Crippen LogP contribution in [0.3, 0.4) is 0 Å². The maximum atomic E-state index is 12.4. The zero-order valence-corrected chi connectivity index (χ0v) is 16.1. The Morgan fingerprint density at radius 2 is 1.84 bits per heavy atom. The second-order valence-corrected chi connectivity index (χ2v) is 8.73. The molecule has 138 valence electrons. The Kier molecular flexibility index (Phi) is 5.38. The first-order valence-electron chi connectivity index (χ1n) is 9.58. The molecular formula is C21H32N2O2. The second kappa shape index (κ2) is 7.36. The average Bonchev–Trinajstić information content (AvgIpc) is 2.87. The molecule has 4 heteroatoms. The third-order valence-electron chi connectivity index (χ3n) is 5.51. The van der Waals surface area contributed by atoms with Gasteiger partial charge in [-0.25, -0.2) is 4.79 Å². The molecule has 0 N–H and O–H groups in total. The Balaban J connectivity index is 1.58. The number of ether oxygens (including phenoxy) is 1. The zero-order valence-electron chi connectivity index (χ0n) is 16.1. The third-order valence-corrected chi connectivity index (χ3v) is 5.51. The van der Waals surface area contributed by atoms with Gasteiger partial charge in [-0.3, -0.25) is 4.90 Å². The quantitative estimate of drug-likeness (QED) is 0.808. The molecule has 2 fully saturated rings. The Hall–Kier alpha value is -1.55. The van der Waals surface area contributed by atoms with Crippen molar-refractivity contribution in [2.75, 3.05) is 19.6 Å². The molecule has 25 heavy (non-hydrogen) atoms. The first-order chi connectivity index (χ1) is 11.8. The number of carbonyl (C=O) groups is 1. The van der Waals surface area contributed by atoms with Crippen molar-refractivity contribution in [3.05, 3.63) is 35.9 Å². The molecule has 3 rings (SSSR count). The number of carbonyl (C=O) groups excluding carboxylic acids is 1. The summed E-state index contributed by atoms with van der Waals surface area (Å²) in [6.07, 6.45) is 2.19. The molecule has 2 saturated heterocycles. The number of hydrogen-bond acceptors (Lipinski definition) is 3. The fourth-order valence-electron chi connectivity index (χ4n) is 4.20. The second-order valence-electron chi connectivity index (χ2n) is 8.73. The van der Waals surface area contributed by atoms with Crippen molar-refractivity contribution >= 4 is 6.09 Å². The summed E-state index contributed by atoms with van der Waals surface area (Å²) in [6, 6.07) is 11.3. The molecule has 0 radical (unpaired) electrons. The molecular weight excluding hydrogens is 312 g/mol. The van der Waals surface area contributed by atoms with Crippen LogP contribution in [-0.4, -0.2) is 47.2 Å². The molecule has 0 aromatic heterocycles. The van der Waals surface area contributed by atoms with Gasteiger partial charge in [0.05, 0.1) is 0 Å². The first-order valence-corrected chi connectivity index (χ1v) is 9.58. The van der Waals surface area contributed by atoms with Gasteiger partial charge in [0.2, 0.25) is 0 Å². The lowest BCUT2D eigenvalue weighted by atomic mass is 9.90. The lowest BCUT2D eigenvalue weighted by molar-refractivity contribution is 0.0278. The van der Waals surface area contributed by atoms with Crippen molar-refractivity contribution in [2.24, 2.45) is 11.8 Å². The molecule has 0 bridgehead atoms. The third kappa shape index (κ3) is 4.75. The van der Waals surface area contributed by atoms with Gasteiger partial charge in [-0.05, 0) is 64.5 Å². The number of benzene rings is 1. The van der Waals surface area contributed by atoms with Gasteiger partial charge in [0.25, 0.3) is 0 Å². The molecule has 3 atom stereocenters. The minimum atomic E-state index is -0.415. The number of rotatable bonds is 2. The summed E-state index contributed by atoms with van der Waals surface area (Å²) in [5.41, 5.74) is 0.971. The summed E-state index contributed by atoms with van der Waals surface area (Å²) in [5, 5.41) is 0. The highest BCUT2D eigenvalue weighted by molar-refractivity contribution is 5.68. The number of fused-ring (bicyclic) bond motifs is 1. The largest absolute Gasteiger partial charge is 0.444 e. The number of amides is 1. The van der Waals surface area contributed by atoms with E-state index in [2.05, 4.69) is 42.2 Å². The highest BCUT2D eigenvalue weighted by atomic mass is 16.6. The molecule has 4 nitrogen and oxygen atoms in total. The Bertz CT molecular complexity index is 581. The SMILES string of the molecule is CC1C[C@@H]2CN(C(=O)OC(C)(C)C)C[C@@H]2CCN1Cc1ccccc1. The average molecular weight is 344 g/mol. The monoisotopic (exact) mass is 344 g/mol. The van der Waals surface area contributed by atoms with E-state index in [0.29, 0.717) is 17.9 Å². The van der Waals surface area contributed by atoms with Crippen LogP contribution < -0.4 is 0 Å². The molecule has 1 unspecified atom stereocenters. The fourth-order valence-corrected chi connectivity index (χ4v) is 4.20. The number of nitrogens with zero attached hydrogens (tertiary/aromatic N) is 2. The predicted molar refractivity (Wildman–Crippen MR) is 100 cm³/mol. The van der Waals surface area contributed by atoms with Gasteiger partial charge in [-0.15, -0.1) is 0 Å². The van der Waals surface area contributed by atoms with E-state index < -0.39 is 5.60 Å². The van der Waals surface area contributed by atoms with Gasteiger partial charge in [-0.2, -0.15) is 0 Å². The maximum Gasteiger partial charge on any atom is 0.410 e. The number of hydrogen-bond donors (Lipinski definition) is 0. The van der Waals surface area contributed by atoms with Gasteiger partial charge >= 0.3 is 6.09 Å².